The summed E-state index contributed by atoms with van der Waals surface area (Å²) < 4.78 is 17.7. The Morgan fingerprint density at radius 3 is 2.44 bits per heavy atom. The quantitative estimate of drug-likeness (QED) is 0.650. The van der Waals surface area contributed by atoms with Crippen molar-refractivity contribution in [1.29, 1.82) is 0 Å². The van der Waals surface area contributed by atoms with E-state index >= 15 is 0 Å². The van der Waals surface area contributed by atoms with E-state index in [1.165, 1.54) is 0 Å². The standard InChI is InChI=1S/C19H22N4O4/c1-13(12-25-2)27-16-7-4-14(5-8-16)19-22-21-17(11-24)23(19)15-6-9-18(26-3)20-10-15/h4-10,13,24H,11-12H2,1-3H3/t13-/m0/s1. The SMILES string of the molecule is COC[C@H](C)Oc1ccc(-c2nnc(CO)n2-c2ccc(OC)nc2)cc1. The highest BCUT2D eigenvalue weighted by molar-refractivity contribution is 5.59. The van der Waals surface area contributed by atoms with E-state index < -0.39 is 0 Å². The van der Waals surface area contributed by atoms with Crippen molar-refractivity contribution in [3.05, 3.63) is 48.4 Å². The predicted octanol–water partition coefficient (Wildman–Crippen LogP) is 2.24. The van der Waals surface area contributed by atoms with Gasteiger partial charge >= 0.3 is 0 Å². The summed E-state index contributed by atoms with van der Waals surface area (Å²) in [7, 11) is 3.20. The van der Waals surface area contributed by atoms with Crippen LogP contribution in [0.5, 0.6) is 11.6 Å². The second-order valence-electron chi connectivity index (χ2n) is 5.90. The zero-order chi connectivity index (χ0) is 19.2. The summed E-state index contributed by atoms with van der Waals surface area (Å²) in [4.78, 5) is 4.22. The highest BCUT2D eigenvalue weighted by atomic mass is 16.5. The molecule has 2 heterocycles. The maximum atomic E-state index is 9.63. The Kier molecular flexibility index (Phi) is 6.00. The highest BCUT2D eigenvalue weighted by Gasteiger charge is 2.16. The molecule has 0 spiro atoms. The molecule has 0 fully saturated rings. The monoisotopic (exact) mass is 370 g/mol. The summed E-state index contributed by atoms with van der Waals surface area (Å²) in [5, 5.41) is 17.9. The number of pyridine rings is 1. The van der Waals surface area contributed by atoms with E-state index in [2.05, 4.69) is 15.2 Å². The number of ether oxygens (including phenoxy) is 3. The third-order valence-corrected chi connectivity index (χ3v) is 3.91. The van der Waals surface area contributed by atoms with Crippen molar-refractivity contribution in [2.75, 3.05) is 20.8 Å². The van der Waals surface area contributed by atoms with E-state index in [9.17, 15) is 5.11 Å². The van der Waals surface area contributed by atoms with Crippen LogP contribution in [0.1, 0.15) is 12.7 Å². The molecule has 27 heavy (non-hydrogen) atoms. The van der Waals surface area contributed by atoms with Crippen molar-refractivity contribution in [2.24, 2.45) is 0 Å². The van der Waals surface area contributed by atoms with Crippen LogP contribution in [0, 0.1) is 0 Å². The number of aliphatic hydroxyl groups excluding tert-OH is 1. The minimum absolute atomic E-state index is 0.0455. The molecule has 1 aromatic carbocycles. The Balaban J connectivity index is 1.91. The van der Waals surface area contributed by atoms with Gasteiger partial charge in [-0.25, -0.2) is 4.98 Å². The van der Waals surface area contributed by atoms with E-state index in [0.29, 0.717) is 24.1 Å². The Bertz CT molecular complexity index is 862. The summed E-state index contributed by atoms with van der Waals surface area (Å²) in [5.41, 5.74) is 1.57. The average Bonchev–Trinajstić information content (AvgIpc) is 3.13. The molecule has 0 aliphatic rings. The normalized spacial score (nSPS) is 12.0. The second kappa shape index (κ2) is 8.61. The first kappa shape index (κ1) is 18.8. The van der Waals surface area contributed by atoms with Gasteiger partial charge in [0, 0.05) is 18.7 Å². The lowest BCUT2D eigenvalue weighted by atomic mass is 10.2. The van der Waals surface area contributed by atoms with Crippen molar-refractivity contribution in [2.45, 2.75) is 19.6 Å². The average molecular weight is 370 g/mol. The molecule has 8 nitrogen and oxygen atoms in total. The fraction of sp³-hybridized carbons (Fsp3) is 0.316. The molecule has 0 saturated heterocycles. The molecule has 8 heteroatoms. The topological polar surface area (TPSA) is 91.5 Å². The van der Waals surface area contributed by atoms with Gasteiger partial charge < -0.3 is 19.3 Å². The number of methoxy groups -OCH3 is 2. The van der Waals surface area contributed by atoms with Crippen molar-refractivity contribution < 1.29 is 19.3 Å². The van der Waals surface area contributed by atoms with Crippen molar-refractivity contribution >= 4 is 0 Å². The molecule has 142 valence electrons. The lowest BCUT2D eigenvalue weighted by Crippen LogP contribution is -2.17. The van der Waals surface area contributed by atoms with E-state index in [4.69, 9.17) is 14.2 Å². The summed E-state index contributed by atoms with van der Waals surface area (Å²) in [6.45, 7) is 2.22. The zero-order valence-corrected chi connectivity index (χ0v) is 15.5. The van der Waals surface area contributed by atoms with Gasteiger partial charge in [0.2, 0.25) is 5.88 Å². The van der Waals surface area contributed by atoms with Gasteiger partial charge in [-0.2, -0.15) is 0 Å². The van der Waals surface area contributed by atoms with Gasteiger partial charge in [0.25, 0.3) is 0 Å². The fourth-order valence-electron chi connectivity index (χ4n) is 2.69. The van der Waals surface area contributed by atoms with Crippen LogP contribution in [0.2, 0.25) is 0 Å². The van der Waals surface area contributed by atoms with Crippen LogP contribution in [0.25, 0.3) is 17.1 Å². The number of nitrogens with zero attached hydrogens (tertiary/aromatic N) is 4. The first-order valence-electron chi connectivity index (χ1n) is 8.48. The summed E-state index contributed by atoms with van der Waals surface area (Å²) in [6, 6.07) is 11.1. The molecule has 3 aromatic rings. The predicted molar refractivity (Wildman–Crippen MR) is 99.0 cm³/mol. The van der Waals surface area contributed by atoms with Crippen molar-refractivity contribution in [1.82, 2.24) is 19.7 Å². The van der Waals surface area contributed by atoms with Crippen LogP contribution < -0.4 is 9.47 Å². The van der Waals surface area contributed by atoms with Gasteiger partial charge in [-0.05, 0) is 37.3 Å². The van der Waals surface area contributed by atoms with Crippen molar-refractivity contribution in [3.63, 3.8) is 0 Å². The number of aromatic nitrogens is 4. The smallest absolute Gasteiger partial charge is 0.213 e. The van der Waals surface area contributed by atoms with E-state index in [1.54, 1.807) is 31.0 Å². The molecule has 0 aliphatic carbocycles. The lowest BCUT2D eigenvalue weighted by Gasteiger charge is -2.14. The largest absolute Gasteiger partial charge is 0.488 e. The number of benzene rings is 1. The molecule has 0 saturated carbocycles. The molecule has 1 atom stereocenters. The Morgan fingerprint density at radius 2 is 1.85 bits per heavy atom. The molecule has 0 radical (unpaired) electrons. The second-order valence-corrected chi connectivity index (χ2v) is 5.90. The maximum absolute atomic E-state index is 9.63. The molecule has 2 aromatic heterocycles. The van der Waals surface area contributed by atoms with Crippen LogP contribution in [0.15, 0.2) is 42.6 Å². The Morgan fingerprint density at radius 1 is 1.07 bits per heavy atom. The number of hydrogen-bond donors (Lipinski definition) is 1. The molecule has 3 rings (SSSR count). The number of rotatable bonds is 8. The molecular weight excluding hydrogens is 348 g/mol. The van der Waals surface area contributed by atoms with Crippen LogP contribution in [-0.4, -0.2) is 51.8 Å². The molecule has 0 bridgehead atoms. The van der Waals surface area contributed by atoms with E-state index in [1.807, 2.05) is 37.3 Å². The highest BCUT2D eigenvalue weighted by Crippen LogP contribution is 2.25. The van der Waals surface area contributed by atoms with Gasteiger partial charge in [0.1, 0.15) is 18.5 Å². The zero-order valence-electron chi connectivity index (χ0n) is 15.5. The van der Waals surface area contributed by atoms with E-state index in [0.717, 1.165) is 17.0 Å². The molecular formula is C19H22N4O4. The maximum Gasteiger partial charge on any atom is 0.213 e. The molecule has 0 unspecified atom stereocenters. The van der Waals surface area contributed by atoms with Crippen LogP contribution in [0.4, 0.5) is 0 Å². The van der Waals surface area contributed by atoms with E-state index in [-0.39, 0.29) is 12.7 Å². The van der Waals surface area contributed by atoms with Gasteiger partial charge in [-0.1, -0.05) is 0 Å². The third-order valence-electron chi connectivity index (χ3n) is 3.91. The molecule has 0 aliphatic heterocycles. The van der Waals surface area contributed by atoms with Gasteiger partial charge in [0.05, 0.1) is 25.6 Å². The minimum Gasteiger partial charge on any atom is -0.488 e. The summed E-state index contributed by atoms with van der Waals surface area (Å²) in [5.74, 6) is 2.27. The fourth-order valence-corrected chi connectivity index (χ4v) is 2.69. The summed E-state index contributed by atoms with van der Waals surface area (Å²) >= 11 is 0. The van der Waals surface area contributed by atoms with Crippen molar-refractivity contribution in [3.8, 4) is 28.7 Å². The lowest BCUT2D eigenvalue weighted by molar-refractivity contribution is 0.0921. The first-order valence-corrected chi connectivity index (χ1v) is 8.48. The van der Waals surface area contributed by atoms with Crippen LogP contribution in [-0.2, 0) is 11.3 Å². The van der Waals surface area contributed by atoms with Gasteiger partial charge in [0.15, 0.2) is 11.6 Å². The Hall–Kier alpha value is -2.97. The number of aliphatic hydroxyl groups is 1. The Labute approximate surface area is 157 Å². The molecule has 0 amide bonds. The minimum atomic E-state index is -0.241. The first-order chi connectivity index (χ1) is 13.2. The van der Waals surface area contributed by atoms with Crippen LogP contribution in [0.3, 0.4) is 0 Å². The van der Waals surface area contributed by atoms with Gasteiger partial charge in [-0.15, -0.1) is 10.2 Å². The third kappa shape index (κ3) is 4.24. The molecule has 1 N–H and O–H groups in total. The summed E-state index contributed by atoms with van der Waals surface area (Å²) in [6.07, 6.45) is 1.60. The van der Waals surface area contributed by atoms with Crippen LogP contribution >= 0.6 is 0 Å². The van der Waals surface area contributed by atoms with Gasteiger partial charge in [-0.3, -0.25) is 4.57 Å². The number of hydrogen-bond acceptors (Lipinski definition) is 7.